The number of rotatable bonds is 11. The minimum absolute atomic E-state index is 0. The lowest BCUT2D eigenvalue weighted by Crippen LogP contribution is -2.71. The summed E-state index contributed by atoms with van der Waals surface area (Å²) in [5, 5.41) is 15.2. The molecule has 0 bridgehead atoms. The normalized spacial score (nSPS) is 16.8. The van der Waals surface area contributed by atoms with Crippen LogP contribution in [0.25, 0.3) is 0 Å². The predicted molar refractivity (Wildman–Crippen MR) is 216 cm³/mol. The zero-order valence-electron chi connectivity index (χ0n) is 30.3. The van der Waals surface area contributed by atoms with Crippen LogP contribution in [0.2, 0.25) is 0 Å². The third kappa shape index (κ3) is 10.3. The summed E-state index contributed by atoms with van der Waals surface area (Å²) < 4.78 is 12.1. The Morgan fingerprint density at radius 2 is 1.68 bits per heavy atom. The molecule has 6 N–H and O–H groups in total. The maximum atomic E-state index is 14.3. The summed E-state index contributed by atoms with van der Waals surface area (Å²) in [6, 6.07) is 15.2. The number of β-lactam (4-membered cyclic amide) rings is 1. The van der Waals surface area contributed by atoms with E-state index in [1.807, 2.05) is 67.6 Å². The number of thiazole rings is 1. The molecule has 0 radical (unpaired) electrons. The summed E-state index contributed by atoms with van der Waals surface area (Å²) in [5.41, 5.74) is 11.6. The second-order valence-electron chi connectivity index (χ2n) is 13.1. The fourth-order valence-corrected chi connectivity index (χ4v) is 9.43. The summed E-state index contributed by atoms with van der Waals surface area (Å²) in [7, 11) is 0. The molecule has 2 aromatic heterocycles. The zero-order valence-corrected chi connectivity index (χ0v) is 34.4. The van der Waals surface area contributed by atoms with E-state index in [2.05, 4.69) is 36.7 Å². The monoisotopic (exact) mass is 859 g/mol. The number of amides is 5. The van der Waals surface area contributed by atoms with Gasteiger partial charge in [-0.3, -0.25) is 14.5 Å². The van der Waals surface area contributed by atoms with Crippen LogP contribution in [0.5, 0.6) is 0 Å². The molecule has 4 aromatic rings. The number of fused-ring (bicyclic) bond motifs is 1. The second kappa shape index (κ2) is 18.4. The number of carbonyl (C=O) groups excluding carboxylic acids is 5. The molecule has 6 rings (SSSR count). The number of halogens is 1. The highest BCUT2D eigenvalue weighted by atomic mass is 35.5. The molecule has 0 saturated carbocycles. The summed E-state index contributed by atoms with van der Waals surface area (Å²) in [6.07, 6.45) is -1.69. The lowest BCUT2D eigenvalue weighted by atomic mass is 10.0. The topological polar surface area (TPSA) is 220 Å². The van der Waals surface area contributed by atoms with Gasteiger partial charge < -0.3 is 25.8 Å². The Kier molecular flexibility index (Phi) is 13.9. The Balaban J connectivity index is 0.00000600. The molecule has 0 spiro atoms. The van der Waals surface area contributed by atoms with E-state index in [9.17, 15) is 24.0 Å². The summed E-state index contributed by atoms with van der Waals surface area (Å²) in [6.45, 7) is 6.81. The van der Waals surface area contributed by atoms with Gasteiger partial charge >= 0.3 is 18.1 Å². The van der Waals surface area contributed by atoms with Crippen LogP contribution in [0.15, 0.2) is 81.7 Å². The maximum absolute atomic E-state index is 14.3. The molecule has 2 aromatic carbocycles. The van der Waals surface area contributed by atoms with Crippen molar-refractivity contribution < 1.29 is 33.4 Å². The third-order valence-electron chi connectivity index (χ3n) is 7.90. The average molecular weight is 860 g/mol. The van der Waals surface area contributed by atoms with Crippen LogP contribution in [0.4, 0.5) is 14.7 Å². The van der Waals surface area contributed by atoms with E-state index in [4.69, 9.17) is 15.2 Å². The number of benzene rings is 2. The van der Waals surface area contributed by atoms with Crippen molar-refractivity contribution in [3.8, 4) is 0 Å². The van der Waals surface area contributed by atoms with Crippen molar-refractivity contribution in [2.45, 2.75) is 61.2 Å². The summed E-state index contributed by atoms with van der Waals surface area (Å²) >= 11 is 5.24. The van der Waals surface area contributed by atoms with E-state index < -0.39 is 59.1 Å². The van der Waals surface area contributed by atoms with Gasteiger partial charge in [0.1, 0.15) is 27.7 Å². The van der Waals surface area contributed by atoms with Crippen molar-refractivity contribution in [2.24, 2.45) is 0 Å². The van der Waals surface area contributed by atoms with Crippen LogP contribution in [0.3, 0.4) is 0 Å². The van der Waals surface area contributed by atoms with Crippen molar-refractivity contribution in [1.82, 2.24) is 41.6 Å². The molecule has 16 nitrogen and oxygen atoms in total. The first kappa shape index (κ1) is 42.3. The first-order valence-electron chi connectivity index (χ1n) is 16.7. The van der Waals surface area contributed by atoms with Gasteiger partial charge in [-0.25, -0.2) is 30.2 Å². The van der Waals surface area contributed by atoms with Gasteiger partial charge in [0.25, 0.3) is 5.91 Å². The molecule has 2 aliphatic rings. The molecular weight excluding hydrogens is 822 g/mol. The molecule has 5 amide bonds. The van der Waals surface area contributed by atoms with Crippen molar-refractivity contribution in [2.75, 3.05) is 17.2 Å². The van der Waals surface area contributed by atoms with Crippen LogP contribution >= 0.6 is 58.6 Å². The standard InChI is InChI=1S/C35H37N9O7S4.ClH/c1-18-40-43-34(55-18)54-16-21-15-52-29-24(38-27(45)23(22-17-53-31(36)37-22)39-32(48)41-42-33(49)51-35(2,3)4)28(46)44(29)25(21)30(47)50-26(19-11-7-5-8-12-19)20-13-9-6-10-14-20;/h5-14,17,23-24,26,29H,15-16H2,1-4H3,(H2,36,37)(H,38,45)(H,42,49)(H2,39,41,48);1H/t23?,24?,29-;/m1./s1. The Labute approximate surface area is 344 Å². The number of nitrogens with two attached hydrogens (primary N) is 1. The van der Waals surface area contributed by atoms with E-state index in [1.54, 1.807) is 20.8 Å². The number of urea groups is 1. The number of hydrogen-bond donors (Lipinski definition) is 5. The molecule has 3 atom stereocenters. The highest BCUT2D eigenvalue weighted by molar-refractivity contribution is 8.01. The van der Waals surface area contributed by atoms with E-state index in [1.165, 1.54) is 45.1 Å². The quantitative estimate of drug-likeness (QED) is 0.0590. The third-order valence-corrected chi connectivity index (χ3v) is 12.0. The van der Waals surface area contributed by atoms with Crippen LogP contribution in [-0.2, 0) is 23.9 Å². The SMILES string of the molecule is Cc1nnc(SCC2=C(C(=O)OC(c3ccccc3)c3ccccc3)N3C(=O)C(NC(=O)C(NC(=O)NNC(=O)OC(C)(C)C)c4csc(N)n4)[C@H]3SC2)s1.Cl. The number of esters is 1. The number of thioether (sulfide) groups is 2. The van der Waals surface area contributed by atoms with Crippen molar-refractivity contribution in [3.05, 3.63) is 99.1 Å². The molecule has 4 heterocycles. The highest BCUT2D eigenvalue weighted by Gasteiger charge is 2.55. The lowest BCUT2D eigenvalue weighted by molar-refractivity contribution is -0.154. The van der Waals surface area contributed by atoms with E-state index >= 15 is 0 Å². The van der Waals surface area contributed by atoms with Crippen molar-refractivity contribution in [1.29, 1.82) is 0 Å². The van der Waals surface area contributed by atoms with Gasteiger partial charge in [0.05, 0.1) is 5.69 Å². The van der Waals surface area contributed by atoms with Gasteiger partial charge in [0, 0.05) is 16.9 Å². The fourth-order valence-electron chi connectivity index (χ4n) is 5.54. The zero-order chi connectivity index (χ0) is 39.3. The number of nitrogens with one attached hydrogen (secondary N) is 4. The van der Waals surface area contributed by atoms with Crippen LogP contribution in [0, 0.1) is 6.92 Å². The van der Waals surface area contributed by atoms with Crippen molar-refractivity contribution >= 4 is 93.6 Å². The molecule has 0 aliphatic carbocycles. The Hall–Kier alpha value is -4.89. The van der Waals surface area contributed by atoms with Gasteiger partial charge in [0.2, 0.25) is 5.91 Å². The van der Waals surface area contributed by atoms with Gasteiger partial charge in [-0.05, 0) is 44.4 Å². The van der Waals surface area contributed by atoms with E-state index in [0.717, 1.165) is 27.5 Å². The largest absolute Gasteiger partial charge is 0.448 e. The van der Waals surface area contributed by atoms with Crippen LogP contribution in [0.1, 0.15) is 54.7 Å². The Morgan fingerprint density at radius 1 is 1.02 bits per heavy atom. The first-order valence-corrected chi connectivity index (χ1v) is 20.5. The molecular formula is C35H38ClN9O7S4. The Morgan fingerprint density at radius 3 is 2.25 bits per heavy atom. The number of anilines is 1. The van der Waals surface area contributed by atoms with Gasteiger partial charge in [-0.1, -0.05) is 83.8 Å². The van der Waals surface area contributed by atoms with Gasteiger partial charge in [0.15, 0.2) is 21.6 Å². The maximum Gasteiger partial charge on any atom is 0.426 e. The molecule has 1 saturated heterocycles. The summed E-state index contributed by atoms with van der Waals surface area (Å²) in [4.78, 5) is 72.5. The lowest BCUT2D eigenvalue weighted by Gasteiger charge is -2.50. The average Bonchev–Trinajstić information content (AvgIpc) is 3.79. The number of ether oxygens (including phenoxy) is 2. The number of hydrazine groups is 1. The fraction of sp³-hybridized carbons (Fsp3) is 0.314. The number of hydrogen-bond acceptors (Lipinski definition) is 15. The molecule has 2 aliphatic heterocycles. The van der Waals surface area contributed by atoms with Crippen LogP contribution in [-0.4, -0.2) is 78.5 Å². The first-order chi connectivity index (χ1) is 26.3. The smallest absolute Gasteiger partial charge is 0.426 e. The highest BCUT2D eigenvalue weighted by Crippen LogP contribution is 2.43. The number of aromatic nitrogens is 3. The van der Waals surface area contributed by atoms with E-state index in [-0.39, 0.29) is 28.9 Å². The predicted octanol–water partition coefficient (Wildman–Crippen LogP) is 4.87. The summed E-state index contributed by atoms with van der Waals surface area (Å²) in [5.74, 6) is -1.33. The van der Waals surface area contributed by atoms with Crippen LogP contribution < -0.4 is 27.2 Å². The number of aryl methyl sites for hydroxylation is 1. The second-order valence-corrected chi connectivity index (χ2v) is 17.5. The number of nitrogen functional groups attached to an aromatic ring is 1. The molecule has 56 heavy (non-hydrogen) atoms. The molecule has 21 heteroatoms. The molecule has 2 unspecified atom stereocenters. The number of nitrogens with zero attached hydrogens (tertiary/aromatic N) is 4. The van der Waals surface area contributed by atoms with E-state index in [0.29, 0.717) is 21.4 Å². The minimum Gasteiger partial charge on any atom is -0.448 e. The van der Waals surface area contributed by atoms with Crippen molar-refractivity contribution in [3.63, 3.8) is 0 Å². The van der Waals surface area contributed by atoms with Gasteiger partial charge in [-0.2, -0.15) is 0 Å². The molecule has 296 valence electrons. The van der Waals surface area contributed by atoms with Gasteiger partial charge in [-0.15, -0.1) is 45.7 Å². The number of carbonyl (C=O) groups is 5. The minimum atomic E-state index is -1.41. The molecule has 1 fully saturated rings. The Bertz CT molecular complexity index is 2060.